The van der Waals surface area contributed by atoms with Crippen molar-refractivity contribution in [3.8, 4) is 0 Å². The van der Waals surface area contributed by atoms with Gasteiger partial charge in [-0.15, -0.1) is 0 Å². The summed E-state index contributed by atoms with van der Waals surface area (Å²) < 4.78 is 0. The maximum Gasteiger partial charge on any atom is 0.0615 e. The van der Waals surface area contributed by atoms with E-state index in [2.05, 4.69) is 54.5 Å². The first-order valence-corrected chi connectivity index (χ1v) is 7.47. The first-order chi connectivity index (χ1) is 8.62. The van der Waals surface area contributed by atoms with E-state index in [4.69, 9.17) is 0 Å². The molecule has 0 spiro atoms. The maximum atomic E-state index is 2.46. The Hall–Kier alpha value is -0.160. The summed E-state index contributed by atoms with van der Waals surface area (Å²) in [4.78, 5) is 9.73. The summed E-state index contributed by atoms with van der Waals surface area (Å²) in [7, 11) is 4.38. The van der Waals surface area contributed by atoms with Crippen molar-refractivity contribution in [1.82, 2.24) is 19.6 Å². The number of hydrogen-bond donors (Lipinski definition) is 0. The van der Waals surface area contributed by atoms with Gasteiger partial charge in [-0.05, 0) is 33.6 Å². The number of rotatable bonds is 3. The van der Waals surface area contributed by atoms with Gasteiger partial charge in [0.15, 0.2) is 0 Å². The second-order valence-electron chi connectivity index (χ2n) is 5.41. The maximum absolute atomic E-state index is 2.46. The van der Waals surface area contributed by atoms with Gasteiger partial charge in [0.1, 0.15) is 0 Å². The van der Waals surface area contributed by atoms with Gasteiger partial charge in [-0.2, -0.15) is 0 Å². The van der Waals surface area contributed by atoms with Crippen molar-refractivity contribution in [2.45, 2.75) is 33.4 Å². The summed E-state index contributed by atoms with van der Waals surface area (Å²) in [6.07, 6.45) is 1.94. The SMILES string of the molecule is CCC1N(C)CCN1C.CCN1CCN(CC)C1. The molecule has 2 heterocycles. The zero-order valence-electron chi connectivity index (χ0n) is 13.0. The van der Waals surface area contributed by atoms with Crippen LogP contribution in [0.4, 0.5) is 0 Å². The minimum absolute atomic E-state index is 0.699. The van der Waals surface area contributed by atoms with E-state index in [-0.39, 0.29) is 0 Å². The lowest BCUT2D eigenvalue weighted by Crippen LogP contribution is -2.33. The molecule has 0 unspecified atom stereocenters. The summed E-state index contributed by atoms with van der Waals surface area (Å²) in [5.41, 5.74) is 0. The van der Waals surface area contributed by atoms with Crippen LogP contribution >= 0.6 is 0 Å². The van der Waals surface area contributed by atoms with Crippen molar-refractivity contribution in [2.75, 3.05) is 60.0 Å². The van der Waals surface area contributed by atoms with Crippen LogP contribution in [0.25, 0.3) is 0 Å². The standard InChI is InChI=1S/2C7H16N2/c1-4-7-8(2)5-6-9(7)3;1-3-8-5-6-9(4-2)7-8/h7H,4-6H2,1-3H3;3-7H2,1-2H3. The van der Waals surface area contributed by atoms with Crippen molar-refractivity contribution in [2.24, 2.45) is 0 Å². The smallest absolute Gasteiger partial charge is 0.0615 e. The second kappa shape index (κ2) is 8.10. The quantitative estimate of drug-likeness (QED) is 0.752. The van der Waals surface area contributed by atoms with E-state index in [1.54, 1.807) is 0 Å². The number of nitrogens with zero attached hydrogens (tertiary/aromatic N) is 4. The molecule has 2 fully saturated rings. The molecule has 2 aliphatic heterocycles. The zero-order chi connectivity index (χ0) is 13.5. The van der Waals surface area contributed by atoms with E-state index in [1.807, 2.05) is 0 Å². The molecule has 4 nitrogen and oxygen atoms in total. The van der Waals surface area contributed by atoms with E-state index in [0.29, 0.717) is 6.17 Å². The third-order valence-electron chi connectivity index (χ3n) is 4.22. The van der Waals surface area contributed by atoms with Gasteiger partial charge < -0.3 is 0 Å². The average Bonchev–Trinajstić information content (AvgIpc) is 2.97. The van der Waals surface area contributed by atoms with Crippen molar-refractivity contribution >= 4 is 0 Å². The first kappa shape index (κ1) is 15.9. The second-order valence-corrected chi connectivity index (χ2v) is 5.41. The molecule has 0 aromatic rings. The predicted molar refractivity (Wildman–Crippen MR) is 78.7 cm³/mol. The Morgan fingerprint density at radius 3 is 1.44 bits per heavy atom. The Morgan fingerprint density at radius 1 is 0.778 bits per heavy atom. The van der Waals surface area contributed by atoms with Gasteiger partial charge in [0.05, 0.1) is 12.8 Å². The lowest BCUT2D eigenvalue weighted by molar-refractivity contribution is 0.182. The van der Waals surface area contributed by atoms with Crippen LogP contribution in [0.5, 0.6) is 0 Å². The van der Waals surface area contributed by atoms with Crippen molar-refractivity contribution < 1.29 is 0 Å². The van der Waals surface area contributed by atoms with Crippen molar-refractivity contribution in [3.05, 3.63) is 0 Å². The van der Waals surface area contributed by atoms with Crippen LogP contribution in [0.3, 0.4) is 0 Å². The predicted octanol–water partition coefficient (Wildman–Crippen LogP) is 1.20. The molecule has 108 valence electrons. The molecule has 0 aromatic carbocycles. The van der Waals surface area contributed by atoms with E-state index in [9.17, 15) is 0 Å². The van der Waals surface area contributed by atoms with Crippen LogP contribution in [-0.4, -0.2) is 85.8 Å². The monoisotopic (exact) mass is 256 g/mol. The summed E-state index contributed by atoms with van der Waals surface area (Å²) in [5.74, 6) is 0. The third kappa shape index (κ3) is 4.50. The van der Waals surface area contributed by atoms with Crippen LogP contribution in [0.2, 0.25) is 0 Å². The van der Waals surface area contributed by atoms with Crippen LogP contribution in [0, 0.1) is 0 Å². The van der Waals surface area contributed by atoms with Crippen molar-refractivity contribution in [1.29, 1.82) is 0 Å². The fourth-order valence-electron chi connectivity index (χ4n) is 2.80. The van der Waals surface area contributed by atoms with E-state index >= 15 is 0 Å². The van der Waals surface area contributed by atoms with E-state index in [1.165, 1.54) is 52.4 Å². The van der Waals surface area contributed by atoms with Gasteiger partial charge in [0.25, 0.3) is 0 Å². The highest BCUT2D eigenvalue weighted by atomic mass is 15.4. The van der Waals surface area contributed by atoms with Crippen LogP contribution in [-0.2, 0) is 0 Å². The average molecular weight is 256 g/mol. The number of likely N-dealkylation sites (N-methyl/N-ethyl adjacent to an activating group) is 4. The van der Waals surface area contributed by atoms with Crippen molar-refractivity contribution in [3.63, 3.8) is 0 Å². The summed E-state index contributed by atoms with van der Waals surface area (Å²) in [5, 5.41) is 0. The van der Waals surface area contributed by atoms with E-state index < -0.39 is 0 Å². The molecule has 0 atom stereocenters. The molecule has 2 rings (SSSR count). The Kier molecular flexibility index (Phi) is 7.15. The Morgan fingerprint density at radius 2 is 1.22 bits per heavy atom. The molecular formula is C14H32N4. The van der Waals surface area contributed by atoms with Crippen LogP contribution < -0.4 is 0 Å². The molecule has 2 saturated heterocycles. The summed E-state index contributed by atoms with van der Waals surface area (Å²) in [6, 6.07) is 0. The first-order valence-electron chi connectivity index (χ1n) is 7.47. The molecule has 0 aromatic heterocycles. The van der Waals surface area contributed by atoms with Gasteiger partial charge in [-0.25, -0.2) is 0 Å². The Balaban J connectivity index is 0.000000180. The van der Waals surface area contributed by atoms with Crippen LogP contribution in [0.15, 0.2) is 0 Å². The molecule has 18 heavy (non-hydrogen) atoms. The molecule has 2 aliphatic rings. The van der Waals surface area contributed by atoms with Gasteiger partial charge in [0.2, 0.25) is 0 Å². The summed E-state index contributed by atoms with van der Waals surface area (Å²) in [6.45, 7) is 15.3. The van der Waals surface area contributed by atoms with Gasteiger partial charge in [-0.3, -0.25) is 19.6 Å². The Bertz CT molecular complexity index is 202. The topological polar surface area (TPSA) is 13.0 Å². The minimum Gasteiger partial charge on any atom is -0.290 e. The summed E-state index contributed by atoms with van der Waals surface area (Å²) >= 11 is 0. The molecule has 0 N–H and O–H groups in total. The minimum atomic E-state index is 0.699. The molecule has 0 radical (unpaired) electrons. The lowest BCUT2D eigenvalue weighted by atomic mass is 10.3. The van der Waals surface area contributed by atoms with Gasteiger partial charge in [-0.1, -0.05) is 20.8 Å². The molecule has 0 bridgehead atoms. The molecule has 0 amide bonds. The molecule has 0 saturated carbocycles. The largest absolute Gasteiger partial charge is 0.290 e. The highest BCUT2D eigenvalue weighted by Gasteiger charge is 2.23. The fourth-order valence-corrected chi connectivity index (χ4v) is 2.80. The zero-order valence-corrected chi connectivity index (χ0v) is 13.0. The number of hydrogen-bond acceptors (Lipinski definition) is 4. The van der Waals surface area contributed by atoms with E-state index in [0.717, 1.165) is 0 Å². The third-order valence-corrected chi connectivity index (χ3v) is 4.22. The van der Waals surface area contributed by atoms with Crippen LogP contribution in [0.1, 0.15) is 27.2 Å². The molecule has 4 heteroatoms. The highest BCUT2D eigenvalue weighted by molar-refractivity contribution is 4.74. The van der Waals surface area contributed by atoms with Gasteiger partial charge >= 0.3 is 0 Å². The molecule has 0 aliphatic carbocycles. The van der Waals surface area contributed by atoms with Gasteiger partial charge in [0, 0.05) is 26.2 Å². The fraction of sp³-hybridized carbons (Fsp3) is 1.00. The normalized spacial score (nSPS) is 24.5. The Labute approximate surface area is 114 Å². The lowest BCUT2D eigenvalue weighted by Gasteiger charge is -2.22. The molecular weight excluding hydrogens is 224 g/mol. The highest BCUT2D eigenvalue weighted by Crippen LogP contribution is 2.11.